The number of carboxylic acid groups (broad SMARTS) is 2. The van der Waals surface area contributed by atoms with Crippen LogP contribution in [0.1, 0.15) is 19.3 Å². The van der Waals surface area contributed by atoms with Gasteiger partial charge in [-0.3, -0.25) is 16.7 Å². The van der Waals surface area contributed by atoms with Gasteiger partial charge in [0, 0.05) is 6.61 Å². The van der Waals surface area contributed by atoms with E-state index in [9.17, 15) is 123 Å². The SMILES string of the molecule is NCCCCCO[C@@H]1OC(C(=O)[O-])[C@@H](O[C@H]2O[C@H](COS(=O)(=O)[O-])[C@@H](O[C@@H]3O[C@@H](C(=O)[O-])[C@@H](O[C@H]4O[C@H](COS(=O)(=O)[O-])[C@@H](O)[C@H](O)[C@H]4NS(=O)(=O)[O-])[C@H](O)[C@H]3OS(=O)(=O)[O-])[C@H](O)[C@H]2NS(=O)(=O)[O-])[C@H](O)[C@H]1OS(=O)(=O)[O-].[Na+].[Na+].[Na+].[Na+].[Na+].[Na+].[Na+].[Na+]. The van der Waals surface area contributed by atoms with E-state index in [1.54, 1.807) is 0 Å². The number of unbranched alkanes of at least 4 members (excludes halogenated alkanes) is 2. The molecular formula is C29H43N3Na8O39S6. The average Bonchev–Trinajstić information content (AvgIpc) is 3.25. The number of rotatable bonds is 28. The van der Waals surface area contributed by atoms with Crippen molar-refractivity contribution in [3.8, 4) is 0 Å². The molecular weight excluding hydrogens is 1390 g/mol. The molecule has 0 amide bonds. The topological polar surface area (TPSA) is 685 Å². The minimum absolute atomic E-state index is 0. The van der Waals surface area contributed by atoms with E-state index in [0.717, 1.165) is 9.44 Å². The van der Waals surface area contributed by atoms with Gasteiger partial charge in [-0.2, -0.15) is 0 Å². The molecule has 0 radical (unpaired) electrons. The smallest absolute Gasteiger partial charge is 0.735 e. The van der Waals surface area contributed by atoms with Gasteiger partial charge in [0.1, 0.15) is 85.3 Å². The summed E-state index contributed by atoms with van der Waals surface area (Å²) >= 11 is 0. The first-order valence-electron chi connectivity index (χ1n) is 20.8. The third-order valence-electron chi connectivity index (χ3n) is 10.7. The maximum absolute atomic E-state index is 12.6. The number of aliphatic carboxylic acids is 2. The van der Waals surface area contributed by atoms with Gasteiger partial charge in [0.05, 0.1) is 25.2 Å². The van der Waals surface area contributed by atoms with Crippen molar-refractivity contribution in [2.24, 2.45) is 5.73 Å². The summed E-state index contributed by atoms with van der Waals surface area (Å²) in [4.78, 5) is 25.0. The number of nitrogens with two attached hydrogens (primary N) is 1. The predicted octanol–water partition coefficient (Wildman–Crippen LogP) is -39.0. The van der Waals surface area contributed by atoms with Gasteiger partial charge in [-0.05, 0) is 25.8 Å². The molecule has 0 aromatic heterocycles. The van der Waals surface area contributed by atoms with E-state index in [1.165, 1.54) is 0 Å². The quantitative estimate of drug-likeness (QED) is 0.0156. The number of ether oxygens (including phenoxy) is 8. The van der Waals surface area contributed by atoms with E-state index in [2.05, 4.69) is 16.7 Å². The molecule has 0 aliphatic carbocycles. The Morgan fingerprint density at radius 2 is 0.800 bits per heavy atom. The Labute approximate surface area is 661 Å². The molecule has 4 saturated heterocycles. The minimum atomic E-state index is -6.36. The summed E-state index contributed by atoms with van der Waals surface area (Å²) < 4.78 is 271. The van der Waals surface area contributed by atoms with Crippen molar-refractivity contribution >= 4 is 74.1 Å². The summed E-state index contributed by atoms with van der Waals surface area (Å²) in [6, 6.07) is -5.66. The van der Waals surface area contributed by atoms with Crippen LogP contribution in [0.15, 0.2) is 0 Å². The molecule has 4 rings (SSSR count). The molecule has 0 spiro atoms. The van der Waals surface area contributed by atoms with Gasteiger partial charge in [0.15, 0.2) is 58.0 Å². The van der Waals surface area contributed by atoms with Gasteiger partial charge in [0.25, 0.3) is 0 Å². The molecule has 85 heavy (non-hydrogen) atoms. The molecule has 0 saturated carbocycles. The largest absolute Gasteiger partial charge is 1.00 e. The second-order valence-electron chi connectivity index (χ2n) is 16.1. The molecule has 20 atom stereocenters. The fraction of sp³-hybridized carbons (Fsp3) is 0.931. The van der Waals surface area contributed by atoms with Crippen LogP contribution in [-0.4, -0.2) is 264 Å². The fourth-order valence-corrected chi connectivity index (χ4v) is 10.3. The molecule has 0 bridgehead atoms. The first-order chi connectivity index (χ1) is 35.1. The molecule has 4 heterocycles. The van der Waals surface area contributed by atoms with Gasteiger partial charge < -0.3 is 116 Å². The number of nitrogens with one attached hydrogen (secondary N) is 2. The summed E-state index contributed by atoms with van der Waals surface area (Å²) in [7, 11) is -35.9. The average molecular weight is 1430 g/mol. The molecule has 9 N–H and O–H groups in total. The van der Waals surface area contributed by atoms with Crippen molar-refractivity contribution in [2.75, 3.05) is 26.4 Å². The minimum Gasteiger partial charge on any atom is -0.735 e. The standard InChI is InChI=1S/C29H51N3O39S6.8Na/c30-4-2-1-3-5-60-28-20(70-76(54,55)56)15(36)18(22(68-28)24(38)39)67-27-11(32-73(45,46)47)14(35)17(9(64-27)7-62-75(51,52)53)65-29-21(71-77(57,58)59)16(37)19(23(69-29)25(40)41)66-26-10(31-72(42,43)44)13(34)12(33)8(63-26)6-61-74(48,49)50;;;;;;;;/h8-23,26-29,31-37H,1-7,30H2,(H,38,39)(H,40,41)(H,42,43,44)(H,45,46,47)(H,48,49,50)(H,51,52,53)(H,54,55,56)(H,57,58,59);;;;;;;;/q;8*+1/p-8/t8-,9-,10-,11-,12-,13-,14-,15+,16+,17-,18+,19+,20-,21-,22?,23-,26-,27-,28-,29-;;;;;;;;/m1......../s1. The molecule has 0 aromatic rings. The van der Waals surface area contributed by atoms with E-state index >= 15 is 0 Å². The van der Waals surface area contributed by atoms with Gasteiger partial charge >= 0.3 is 236 Å². The number of carbonyl (C=O) groups excluding carboxylic acids is 2. The number of carbonyl (C=O) groups is 2. The van der Waals surface area contributed by atoms with E-state index in [0.29, 0.717) is 12.8 Å². The fourth-order valence-electron chi connectivity index (χ4n) is 7.55. The van der Waals surface area contributed by atoms with Crippen molar-refractivity contribution in [3.63, 3.8) is 0 Å². The van der Waals surface area contributed by atoms with E-state index in [4.69, 9.17) is 43.6 Å². The van der Waals surface area contributed by atoms with Gasteiger partial charge in [-0.25, -0.2) is 60.0 Å². The maximum atomic E-state index is 12.6. The molecule has 4 aliphatic rings. The monoisotopic (exact) mass is 1430 g/mol. The molecule has 56 heteroatoms. The number of carboxylic acids is 2. The van der Waals surface area contributed by atoms with Crippen LogP contribution in [0.25, 0.3) is 0 Å². The summed E-state index contributed by atoms with van der Waals surface area (Å²) in [6.07, 6.45) is -50.8. The Kier molecular flexibility index (Phi) is 49.7. The molecule has 4 fully saturated rings. The van der Waals surface area contributed by atoms with Crippen molar-refractivity contribution in [3.05, 3.63) is 0 Å². The predicted molar refractivity (Wildman–Crippen MR) is 212 cm³/mol. The number of aliphatic hydroxyl groups is 5. The van der Waals surface area contributed by atoms with Crippen molar-refractivity contribution in [1.82, 2.24) is 9.44 Å². The third-order valence-corrected chi connectivity index (χ3v) is 13.5. The molecule has 1 unspecified atom stereocenters. The first kappa shape index (κ1) is 99.3. The van der Waals surface area contributed by atoms with E-state index in [1.807, 2.05) is 0 Å². The van der Waals surface area contributed by atoms with Gasteiger partial charge in [-0.15, -0.1) is 0 Å². The van der Waals surface area contributed by atoms with Crippen LogP contribution in [0, 0.1) is 0 Å². The Morgan fingerprint density at radius 3 is 1.18 bits per heavy atom. The van der Waals surface area contributed by atoms with Crippen molar-refractivity contribution < 1.29 is 414 Å². The van der Waals surface area contributed by atoms with Crippen LogP contribution < -0.4 is 262 Å². The van der Waals surface area contributed by atoms with Gasteiger partial charge in [-0.1, -0.05) is 0 Å². The Bertz CT molecular complexity index is 2740. The van der Waals surface area contributed by atoms with Crippen molar-refractivity contribution in [1.29, 1.82) is 0 Å². The maximum Gasteiger partial charge on any atom is 1.00 e. The van der Waals surface area contributed by atoms with E-state index in [-0.39, 0.29) is 249 Å². The molecule has 452 valence electrons. The normalized spacial score (nSPS) is 33.6. The Balaban J connectivity index is -0.00000267. The Morgan fingerprint density at radius 1 is 0.435 bits per heavy atom. The zero-order valence-electron chi connectivity index (χ0n) is 45.6. The third kappa shape index (κ3) is 32.9. The van der Waals surface area contributed by atoms with Crippen LogP contribution in [0.2, 0.25) is 0 Å². The molecule has 0 aromatic carbocycles. The molecule has 4 aliphatic heterocycles. The van der Waals surface area contributed by atoms with E-state index < -0.39 is 217 Å². The van der Waals surface area contributed by atoms with Crippen LogP contribution in [0.4, 0.5) is 0 Å². The summed E-state index contributed by atoms with van der Waals surface area (Å²) in [6.45, 7) is -3.75. The molecule has 42 nitrogen and oxygen atoms in total. The first-order valence-corrected chi connectivity index (χ1v) is 28.9. The zero-order chi connectivity index (χ0) is 58.6. The van der Waals surface area contributed by atoms with Crippen LogP contribution in [0.5, 0.6) is 0 Å². The zero-order valence-corrected chi connectivity index (χ0v) is 66.5. The number of hydrogen-bond donors (Lipinski definition) is 8. The number of hydrogen-bond acceptors (Lipinski definition) is 40. The Hall–Kier alpha value is 5.60. The number of aliphatic hydroxyl groups excluding tert-OH is 5. The van der Waals surface area contributed by atoms with Gasteiger partial charge in [0.2, 0.25) is 41.6 Å². The second kappa shape index (κ2) is 42.5. The van der Waals surface area contributed by atoms with Crippen molar-refractivity contribution in [2.45, 2.75) is 142 Å². The second-order valence-corrected chi connectivity index (χ2v) is 22.5. The van der Waals surface area contributed by atoms with Crippen LogP contribution in [0.3, 0.4) is 0 Å². The van der Waals surface area contributed by atoms with Crippen LogP contribution in [-0.2, 0) is 126 Å². The summed E-state index contributed by atoms with van der Waals surface area (Å²) in [5.74, 6) is -5.09. The van der Waals surface area contributed by atoms with Crippen LogP contribution >= 0.6 is 0 Å². The summed E-state index contributed by atoms with van der Waals surface area (Å²) in [5.41, 5.74) is 5.40. The summed E-state index contributed by atoms with van der Waals surface area (Å²) in [5, 5.41) is 80.4.